The summed E-state index contributed by atoms with van der Waals surface area (Å²) in [4.78, 5) is 26.2. The minimum absolute atomic E-state index is 0.0508. The number of carbonyl (C=O) groups excluding carboxylic acids is 1. The van der Waals surface area contributed by atoms with Crippen molar-refractivity contribution in [3.63, 3.8) is 0 Å². The highest BCUT2D eigenvalue weighted by Crippen LogP contribution is 2.24. The van der Waals surface area contributed by atoms with E-state index in [-0.39, 0.29) is 22.6 Å². The van der Waals surface area contributed by atoms with E-state index in [0.717, 1.165) is 30.6 Å². The number of rotatable bonds is 3. The number of hydrogen-bond acceptors (Lipinski definition) is 4. The van der Waals surface area contributed by atoms with Crippen LogP contribution in [0.3, 0.4) is 0 Å². The number of benzene rings is 1. The minimum Gasteiger partial charge on any atom is -0.506 e. The molecule has 1 heterocycles. The zero-order chi connectivity index (χ0) is 14.7. The second-order valence-electron chi connectivity index (χ2n) is 3.88. The van der Waals surface area contributed by atoms with Gasteiger partial charge in [-0.15, -0.1) is 0 Å². The maximum Gasteiger partial charge on any atom is 0.335 e. The Morgan fingerprint density at radius 1 is 1.15 bits per heavy atom. The van der Waals surface area contributed by atoms with E-state index < -0.39 is 17.7 Å². The van der Waals surface area contributed by atoms with Gasteiger partial charge in [-0.2, -0.15) is 0 Å². The van der Waals surface area contributed by atoms with Crippen LogP contribution in [0.15, 0.2) is 36.7 Å². The molecule has 102 valence electrons. The maximum atomic E-state index is 12.9. The smallest absolute Gasteiger partial charge is 0.335 e. The lowest BCUT2D eigenvalue weighted by Crippen LogP contribution is -2.13. The molecule has 0 radical (unpaired) electrons. The molecule has 0 aliphatic rings. The normalized spacial score (nSPS) is 10.1. The molecule has 0 aliphatic heterocycles. The van der Waals surface area contributed by atoms with E-state index >= 15 is 0 Å². The van der Waals surface area contributed by atoms with E-state index in [1.54, 1.807) is 0 Å². The third-order valence-corrected chi connectivity index (χ3v) is 2.46. The lowest BCUT2D eigenvalue weighted by Gasteiger charge is -2.08. The Labute approximate surface area is 112 Å². The average Bonchev–Trinajstić information content (AvgIpc) is 2.41. The van der Waals surface area contributed by atoms with Gasteiger partial charge in [-0.25, -0.2) is 9.18 Å². The van der Waals surface area contributed by atoms with Crippen LogP contribution in [0.2, 0.25) is 0 Å². The molecular formula is C13H9FN2O4. The van der Waals surface area contributed by atoms with E-state index in [4.69, 9.17) is 5.11 Å². The van der Waals surface area contributed by atoms with Crippen LogP contribution in [0.1, 0.15) is 20.7 Å². The molecule has 2 aromatic rings. The number of aromatic carboxylic acids is 1. The molecule has 1 amide bonds. The molecule has 0 fully saturated rings. The van der Waals surface area contributed by atoms with Crippen LogP contribution in [-0.4, -0.2) is 27.1 Å². The second-order valence-corrected chi connectivity index (χ2v) is 3.88. The van der Waals surface area contributed by atoms with Crippen molar-refractivity contribution in [3.05, 3.63) is 53.6 Å². The number of carbonyl (C=O) groups is 2. The first-order valence-electron chi connectivity index (χ1n) is 5.45. The van der Waals surface area contributed by atoms with Crippen molar-refractivity contribution in [2.75, 3.05) is 5.32 Å². The molecule has 7 heteroatoms. The highest BCUT2D eigenvalue weighted by Gasteiger charge is 2.12. The molecule has 0 bridgehead atoms. The Kier molecular flexibility index (Phi) is 3.60. The number of amides is 1. The summed E-state index contributed by atoms with van der Waals surface area (Å²) in [6, 6.07) is 4.41. The number of carboxylic acid groups (broad SMARTS) is 1. The van der Waals surface area contributed by atoms with Crippen LogP contribution in [0, 0.1) is 5.82 Å². The number of carboxylic acids is 1. The molecular weight excluding hydrogens is 267 g/mol. The lowest BCUT2D eigenvalue weighted by molar-refractivity contribution is 0.0696. The van der Waals surface area contributed by atoms with Crippen molar-refractivity contribution >= 4 is 17.6 Å². The van der Waals surface area contributed by atoms with Crippen molar-refractivity contribution in [2.45, 2.75) is 0 Å². The third kappa shape index (κ3) is 2.89. The summed E-state index contributed by atoms with van der Waals surface area (Å²) in [5.74, 6) is -2.89. The van der Waals surface area contributed by atoms with Gasteiger partial charge in [-0.05, 0) is 24.3 Å². The van der Waals surface area contributed by atoms with E-state index in [1.165, 1.54) is 6.07 Å². The number of phenolic OH excluding ortho intramolecular Hbond substituents is 1. The fourth-order valence-electron chi connectivity index (χ4n) is 1.50. The van der Waals surface area contributed by atoms with Crippen molar-refractivity contribution in [3.8, 4) is 5.75 Å². The van der Waals surface area contributed by atoms with Crippen LogP contribution in [0.25, 0.3) is 0 Å². The van der Waals surface area contributed by atoms with Crippen LogP contribution >= 0.6 is 0 Å². The van der Waals surface area contributed by atoms with E-state index in [9.17, 15) is 19.1 Å². The molecule has 2 rings (SSSR count). The van der Waals surface area contributed by atoms with Gasteiger partial charge >= 0.3 is 5.97 Å². The Morgan fingerprint density at radius 3 is 2.55 bits per heavy atom. The Bertz CT molecular complexity index is 688. The first-order valence-corrected chi connectivity index (χ1v) is 5.45. The summed E-state index contributed by atoms with van der Waals surface area (Å²) in [5.41, 5.74) is -0.236. The zero-order valence-corrected chi connectivity index (χ0v) is 10.0. The average molecular weight is 276 g/mol. The van der Waals surface area contributed by atoms with Crippen molar-refractivity contribution in [2.24, 2.45) is 0 Å². The molecule has 0 saturated heterocycles. The summed E-state index contributed by atoms with van der Waals surface area (Å²) >= 11 is 0. The molecule has 0 spiro atoms. The number of aromatic hydroxyl groups is 1. The number of aromatic nitrogens is 1. The van der Waals surface area contributed by atoms with Gasteiger partial charge in [0, 0.05) is 6.20 Å². The highest BCUT2D eigenvalue weighted by molar-refractivity contribution is 6.05. The number of phenols is 1. The molecule has 3 N–H and O–H groups in total. The maximum absolute atomic E-state index is 12.9. The molecule has 0 aliphatic carbocycles. The number of pyridine rings is 1. The largest absolute Gasteiger partial charge is 0.506 e. The van der Waals surface area contributed by atoms with Crippen LogP contribution in [0.4, 0.5) is 10.1 Å². The Hall–Kier alpha value is -2.96. The second kappa shape index (κ2) is 5.35. The van der Waals surface area contributed by atoms with Gasteiger partial charge < -0.3 is 15.5 Å². The van der Waals surface area contributed by atoms with E-state index in [0.29, 0.717) is 0 Å². The summed E-state index contributed by atoms with van der Waals surface area (Å²) in [6.45, 7) is 0. The molecule has 1 aromatic heterocycles. The van der Waals surface area contributed by atoms with Crippen molar-refractivity contribution in [1.82, 2.24) is 4.98 Å². The Balaban J connectivity index is 2.27. The predicted molar refractivity (Wildman–Crippen MR) is 67.2 cm³/mol. The number of nitrogens with zero attached hydrogens (tertiary/aromatic N) is 1. The summed E-state index contributed by atoms with van der Waals surface area (Å²) in [5, 5.41) is 20.7. The van der Waals surface area contributed by atoms with Gasteiger partial charge in [-0.1, -0.05) is 0 Å². The first-order chi connectivity index (χ1) is 9.47. The van der Waals surface area contributed by atoms with Crippen molar-refractivity contribution < 1.29 is 24.2 Å². The highest BCUT2D eigenvalue weighted by atomic mass is 19.1. The molecule has 0 unspecified atom stereocenters. The molecule has 6 nitrogen and oxygen atoms in total. The summed E-state index contributed by atoms with van der Waals surface area (Å²) in [6.07, 6.45) is 2.09. The standard InChI is InChI=1S/C13H9FN2O4/c14-9-3-8(5-15-6-9)12(18)16-10-4-7(13(19)20)1-2-11(10)17/h1-6,17H,(H,16,18)(H,19,20). The molecule has 0 saturated carbocycles. The zero-order valence-electron chi connectivity index (χ0n) is 10.0. The minimum atomic E-state index is -1.20. The monoisotopic (exact) mass is 276 g/mol. The number of halogens is 1. The quantitative estimate of drug-likeness (QED) is 0.743. The van der Waals surface area contributed by atoms with E-state index in [2.05, 4.69) is 10.3 Å². The van der Waals surface area contributed by atoms with Crippen LogP contribution in [0.5, 0.6) is 5.75 Å². The van der Waals surface area contributed by atoms with Gasteiger partial charge in [0.25, 0.3) is 5.91 Å². The van der Waals surface area contributed by atoms with Crippen molar-refractivity contribution in [1.29, 1.82) is 0 Å². The predicted octanol–water partition coefficient (Wildman–Crippen LogP) is 1.88. The number of anilines is 1. The van der Waals surface area contributed by atoms with Gasteiger partial charge in [-0.3, -0.25) is 9.78 Å². The third-order valence-electron chi connectivity index (χ3n) is 2.46. The fraction of sp³-hybridized carbons (Fsp3) is 0. The number of hydrogen-bond donors (Lipinski definition) is 3. The van der Waals surface area contributed by atoms with Crippen LogP contribution in [-0.2, 0) is 0 Å². The fourth-order valence-corrected chi connectivity index (χ4v) is 1.50. The lowest BCUT2D eigenvalue weighted by atomic mass is 10.1. The van der Waals surface area contributed by atoms with E-state index in [1.807, 2.05) is 0 Å². The van der Waals surface area contributed by atoms with Gasteiger partial charge in [0.15, 0.2) is 0 Å². The Morgan fingerprint density at radius 2 is 1.90 bits per heavy atom. The van der Waals surface area contributed by atoms with Gasteiger partial charge in [0.1, 0.15) is 11.6 Å². The van der Waals surface area contributed by atoms with Crippen LogP contribution < -0.4 is 5.32 Å². The van der Waals surface area contributed by atoms with Gasteiger partial charge in [0.2, 0.25) is 0 Å². The number of nitrogens with one attached hydrogen (secondary N) is 1. The summed E-state index contributed by atoms with van der Waals surface area (Å²) in [7, 11) is 0. The topological polar surface area (TPSA) is 99.5 Å². The molecule has 0 atom stereocenters. The summed E-state index contributed by atoms with van der Waals surface area (Å²) < 4.78 is 12.9. The molecule has 20 heavy (non-hydrogen) atoms. The molecule has 1 aromatic carbocycles. The first kappa shape index (κ1) is 13.5. The van der Waals surface area contributed by atoms with Gasteiger partial charge in [0.05, 0.1) is 23.0 Å². The SMILES string of the molecule is O=C(O)c1ccc(O)c(NC(=O)c2cncc(F)c2)c1.